The Kier molecular flexibility index (Phi) is 41.8. The molecule has 82 heavy (non-hydrogen) atoms. The molecule has 0 spiro atoms. The first-order valence-electron chi connectivity index (χ1n) is 32.2. The maximum Gasteiger partial charge on any atom is 0.220 e. The van der Waals surface area contributed by atoms with E-state index in [4.69, 9.17) is 28.4 Å². The van der Waals surface area contributed by atoms with Gasteiger partial charge in [-0.25, -0.2) is 0 Å². The molecule has 0 bridgehead atoms. The van der Waals surface area contributed by atoms with Crippen molar-refractivity contribution in [1.29, 1.82) is 0 Å². The molecule has 1 amide bonds. The van der Waals surface area contributed by atoms with E-state index in [1.807, 2.05) is 6.08 Å². The van der Waals surface area contributed by atoms with Crippen molar-refractivity contribution >= 4 is 5.91 Å². The number of unbranched alkanes of at least 4 members (excludes halogenated alkanes) is 28. The quantitative estimate of drug-likeness (QED) is 0.0218. The van der Waals surface area contributed by atoms with Crippen LogP contribution in [0.25, 0.3) is 0 Å². The van der Waals surface area contributed by atoms with Crippen molar-refractivity contribution in [2.75, 3.05) is 26.4 Å². The molecule has 19 heteroatoms. The average molecular weight is 1170 g/mol. The number of nitrogens with one attached hydrogen (secondary N) is 1. The number of hydrogen-bond donors (Lipinski definition) is 12. The van der Waals surface area contributed by atoms with E-state index < -0.39 is 124 Å². The summed E-state index contributed by atoms with van der Waals surface area (Å²) in [5.74, 6) is -0.289. The van der Waals surface area contributed by atoms with Gasteiger partial charge in [0.15, 0.2) is 18.9 Å². The third-order valence-electron chi connectivity index (χ3n) is 16.2. The summed E-state index contributed by atoms with van der Waals surface area (Å²) in [6.45, 7) is 1.71. The van der Waals surface area contributed by atoms with Crippen LogP contribution in [0.3, 0.4) is 0 Å². The van der Waals surface area contributed by atoms with Crippen molar-refractivity contribution in [3.8, 4) is 0 Å². The van der Waals surface area contributed by atoms with Gasteiger partial charge in [0.1, 0.15) is 73.2 Å². The first-order valence-corrected chi connectivity index (χ1v) is 32.2. The molecular formula is C63H115NO18. The molecule has 0 aromatic rings. The van der Waals surface area contributed by atoms with Gasteiger partial charge in [-0.1, -0.05) is 198 Å². The lowest BCUT2D eigenvalue weighted by Crippen LogP contribution is -2.66. The monoisotopic (exact) mass is 1170 g/mol. The van der Waals surface area contributed by atoms with Gasteiger partial charge in [-0.2, -0.15) is 0 Å². The molecule has 3 aliphatic rings. The van der Waals surface area contributed by atoms with Gasteiger partial charge in [0.25, 0.3) is 0 Å². The minimum absolute atomic E-state index is 0.231. The van der Waals surface area contributed by atoms with E-state index in [2.05, 4.69) is 43.5 Å². The molecule has 19 nitrogen and oxygen atoms in total. The Balaban J connectivity index is 1.50. The van der Waals surface area contributed by atoms with Gasteiger partial charge in [0.05, 0.1) is 38.6 Å². The molecule has 12 N–H and O–H groups in total. The highest BCUT2D eigenvalue weighted by atomic mass is 16.8. The van der Waals surface area contributed by atoms with Gasteiger partial charge in [0, 0.05) is 6.42 Å². The highest BCUT2D eigenvalue weighted by molar-refractivity contribution is 5.76. The summed E-state index contributed by atoms with van der Waals surface area (Å²) in [5, 5.41) is 120. The Labute approximate surface area is 491 Å². The van der Waals surface area contributed by atoms with Gasteiger partial charge in [-0.3, -0.25) is 4.79 Å². The second-order valence-corrected chi connectivity index (χ2v) is 23.2. The van der Waals surface area contributed by atoms with Crippen LogP contribution in [-0.2, 0) is 33.2 Å². The van der Waals surface area contributed by atoms with Crippen LogP contribution in [0.4, 0.5) is 0 Å². The number of rotatable bonds is 48. The summed E-state index contributed by atoms with van der Waals surface area (Å²) in [5.41, 5.74) is 0. The van der Waals surface area contributed by atoms with Crippen molar-refractivity contribution in [1.82, 2.24) is 5.32 Å². The number of amides is 1. The normalized spacial score (nSPS) is 29.8. The van der Waals surface area contributed by atoms with Crippen LogP contribution in [0.1, 0.15) is 226 Å². The first-order chi connectivity index (χ1) is 39.8. The van der Waals surface area contributed by atoms with Crippen LogP contribution in [0.5, 0.6) is 0 Å². The smallest absolute Gasteiger partial charge is 0.220 e. The molecule has 3 fully saturated rings. The number of ether oxygens (including phenoxy) is 6. The molecule has 0 aromatic heterocycles. The van der Waals surface area contributed by atoms with Gasteiger partial charge < -0.3 is 89.9 Å². The zero-order chi connectivity index (χ0) is 59.7. The van der Waals surface area contributed by atoms with E-state index in [9.17, 15) is 61.0 Å². The lowest BCUT2D eigenvalue weighted by atomic mass is 9.96. The van der Waals surface area contributed by atoms with Crippen LogP contribution >= 0.6 is 0 Å². The molecule has 0 aliphatic carbocycles. The first kappa shape index (κ1) is 74.3. The highest BCUT2D eigenvalue weighted by Crippen LogP contribution is 2.33. The maximum atomic E-state index is 13.4. The zero-order valence-electron chi connectivity index (χ0n) is 50.2. The van der Waals surface area contributed by atoms with Crippen LogP contribution in [-0.4, -0.2) is 193 Å². The molecule has 0 radical (unpaired) electrons. The molecule has 3 aliphatic heterocycles. The molecule has 0 saturated carbocycles. The number of allylic oxidation sites excluding steroid dienone is 5. The predicted molar refractivity (Wildman–Crippen MR) is 314 cm³/mol. The van der Waals surface area contributed by atoms with Crippen LogP contribution in [0, 0.1) is 0 Å². The molecule has 480 valence electrons. The second-order valence-electron chi connectivity index (χ2n) is 23.2. The molecule has 3 saturated heterocycles. The van der Waals surface area contributed by atoms with Crippen LogP contribution in [0.15, 0.2) is 36.5 Å². The second kappa shape index (κ2) is 46.2. The van der Waals surface area contributed by atoms with Crippen LogP contribution in [0.2, 0.25) is 0 Å². The Morgan fingerprint density at radius 2 is 0.780 bits per heavy atom. The third kappa shape index (κ3) is 29.1. The molecule has 0 aromatic carbocycles. The van der Waals surface area contributed by atoms with Gasteiger partial charge in [-0.15, -0.1) is 0 Å². The Morgan fingerprint density at radius 3 is 1.22 bits per heavy atom. The molecule has 3 heterocycles. The summed E-state index contributed by atoms with van der Waals surface area (Å²) in [6, 6.07) is -0.991. The van der Waals surface area contributed by atoms with Crippen LogP contribution < -0.4 is 5.32 Å². The Bertz CT molecular complexity index is 1640. The fourth-order valence-corrected chi connectivity index (χ4v) is 10.8. The summed E-state index contributed by atoms with van der Waals surface area (Å²) < 4.78 is 34.3. The van der Waals surface area contributed by atoms with E-state index in [-0.39, 0.29) is 18.9 Å². The van der Waals surface area contributed by atoms with E-state index in [0.717, 1.165) is 51.4 Å². The number of hydrogen-bond acceptors (Lipinski definition) is 18. The number of aliphatic hydroxyl groups excluding tert-OH is 11. The van der Waals surface area contributed by atoms with Crippen molar-refractivity contribution in [2.24, 2.45) is 0 Å². The van der Waals surface area contributed by atoms with Crippen molar-refractivity contribution in [2.45, 2.75) is 330 Å². The lowest BCUT2D eigenvalue weighted by molar-refractivity contribution is -0.379. The van der Waals surface area contributed by atoms with Crippen molar-refractivity contribution in [3.63, 3.8) is 0 Å². The number of aliphatic hydroxyl groups is 11. The Morgan fingerprint density at radius 1 is 0.427 bits per heavy atom. The minimum Gasteiger partial charge on any atom is -0.394 e. The summed E-state index contributed by atoms with van der Waals surface area (Å²) in [4.78, 5) is 13.4. The van der Waals surface area contributed by atoms with E-state index in [1.54, 1.807) is 6.08 Å². The van der Waals surface area contributed by atoms with Gasteiger partial charge in [-0.05, 0) is 57.8 Å². The van der Waals surface area contributed by atoms with Gasteiger partial charge >= 0.3 is 0 Å². The molecular weight excluding hydrogens is 1060 g/mol. The molecule has 17 unspecified atom stereocenters. The fourth-order valence-electron chi connectivity index (χ4n) is 10.8. The Hall–Kier alpha value is -1.99. The molecule has 17 atom stereocenters. The summed E-state index contributed by atoms with van der Waals surface area (Å²) in [6.07, 6.45) is 24.0. The van der Waals surface area contributed by atoms with Gasteiger partial charge in [0.2, 0.25) is 5.91 Å². The topological polar surface area (TPSA) is 307 Å². The highest BCUT2D eigenvalue weighted by Gasteiger charge is 2.53. The van der Waals surface area contributed by atoms with E-state index in [0.29, 0.717) is 12.8 Å². The summed E-state index contributed by atoms with van der Waals surface area (Å²) in [7, 11) is 0. The third-order valence-corrected chi connectivity index (χ3v) is 16.2. The standard InChI is InChI=1S/C63H115NO18/c1-3-5-7-9-11-13-15-17-19-21-23-24-26-28-30-32-34-36-38-40-47(68)46(64-51(69)41-39-37-35-33-31-29-27-25-22-20-18-16-14-12-10-8-6-4-2)45-77-61-57(75)54(72)59(49(43-66)79-61)82-63-58(76)55(73)60(50(44-67)80-63)81-62-56(74)53(71)52(70)48(42-65)78-62/h20,22,30,32,38,40,46-50,52-63,65-68,70-76H,3-19,21,23-29,31,33-37,39,41-45H2,1-2H3,(H,64,69)/b22-20-,32-30+,40-38+. The lowest BCUT2D eigenvalue weighted by Gasteiger charge is -2.48. The summed E-state index contributed by atoms with van der Waals surface area (Å²) >= 11 is 0. The average Bonchev–Trinajstić information content (AvgIpc) is 3.43. The van der Waals surface area contributed by atoms with Crippen molar-refractivity contribution in [3.05, 3.63) is 36.5 Å². The zero-order valence-corrected chi connectivity index (χ0v) is 50.2. The largest absolute Gasteiger partial charge is 0.394 e. The van der Waals surface area contributed by atoms with Crippen molar-refractivity contribution < 1.29 is 89.4 Å². The maximum absolute atomic E-state index is 13.4. The fraction of sp³-hybridized carbons (Fsp3) is 0.889. The van der Waals surface area contributed by atoms with E-state index in [1.165, 1.54) is 141 Å². The number of carbonyl (C=O) groups excluding carboxylic acids is 1. The number of carbonyl (C=O) groups is 1. The minimum atomic E-state index is -1.98. The predicted octanol–water partition coefficient (Wildman–Crippen LogP) is 6.88. The van der Waals surface area contributed by atoms with E-state index >= 15 is 0 Å². The molecule has 3 rings (SSSR count). The SMILES string of the molecule is CCCCCCCCC/C=C\CCCCCCCCCC(=O)NC(COC1OC(CO)C(OC2OC(CO)C(OC3OC(CO)C(O)C(O)C3O)C(O)C2O)C(O)C1O)C(O)/C=C/CC/C=C/CCCCCCCCCCCCCCC.